The third-order valence-electron chi connectivity index (χ3n) is 5.29. The van der Waals surface area contributed by atoms with Crippen LogP contribution in [-0.2, 0) is 20.1 Å². The summed E-state index contributed by atoms with van der Waals surface area (Å²) in [7, 11) is 0. The van der Waals surface area contributed by atoms with E-state index in [0.717, 1.165) is 11.5 Å². The molecule has 0 amide bonds. The van der Waals surface area contributed by atoms with Crippen LogP contribution in [0.4, 0.5) is 5.69 Å². The molecule has 2 aromatic rings. The van der Waals surface area contributed by atoms with Crippen molar-refractivity contribution in [1.82, 2.24) is 5.01 Å². The Hall–Kier alpha value is -1.64. The van der Waals surface area contributed by atoms with Gasteiger partial charge in [-0.25, -0.2) is 0 Å². The summed E-state index contributed by atoms with van der Waals surface area (Å²) in [5, 5.41) is 6.95. The van der Waals surface area contributed by atoms with E-state index in [1.807, 2.05) is 5.01 Å². The van der Waals surface area contributed by atoms with Gasteiger partial charge in [-0.15, -0.1) is 12.2 Å². The molecule has 4 rings (SSSR count). The van der Waals surface area contributed by atoms with Gasteiger partial charge in [0.2, 0.25) is 0 Å². The summed E-state index contributed by atoms with van der Waals surface area (Å²) in [6.07, 6.45) is 0. The molecule has 0 N–H and O–H groups in total. The molecule has 3 nitrogen and oxygen atoms in total. The van der Waals surface area contributed by atoms with Crippen molar-refractivity contribution in [1.29, 1.82) is 0 Å². The maximum absolute atomic E-state index is 4.91. The number of hydrogen-bond donors (Lipinski definition) is 0. The first-order chi connectivity index (χ1) is 12.4. The molecule has 0 aliphatic carbocycles. The van der Waals surface area contributed by atoms with Crippen LogP contribution in [0.3, 0.4) is 0 Å². The van der Waals surface area contributed by atoms with Gasteiger partial charge in [-0.1, -0.05) is 57.0 Å². The van der Waals surface area contributed by atoms with Gasteiger partial charge in [-0.05, 0) is 31.4 Å². The van der Waals surface area contributed by atoms with Gasteiger partial charge in [0.05, 0.1) is 0 Å². The predicted molar refractivity (Wildman–Crippen MR) is 109 cm³/mol. The number of anilines is 1. The van der Waals surface area contributed by atoms with E-state index >= 15 is 0 Å². The molecule has 0 bridgehead atoms. The summed E-state index contributed by atoms with van der Waals surface area (Å²) in [5.74, 6) is 1.99. The van der Waals surface area contributed by atoms with Gasteiger partial charge in [0.25, 0.3) is 0 Å². The topological polar surface area (TPSA) is 18.8 Å². The molecule has 2 aromatic carbocycles. The zero-order valence-electron chi connectivity index (χ0n) is 16.9. The fourth-order valence-electron chi connectivity index (χ4n) is 3.54. The predicted octanol–water partition coefficient (Wildman–Crippen LogP) is 5.72. The average molecular weight is 538 g/mol. The van der Waals surface area contributed by atoms with Crippen molar-refractivity contribution >= 4 is 11.5 Å². The van der Waals surface area contributed by atoms with Crippen LogP contribution >= 0.6 is 0 Å². The van der Waals surface area contributed by atoms with Gasteiger partial charge < -0.3 is 9.91 Å². The first kappa shape index (κ1) is 20.1. The normalized spacial score (nSPS) is 14.9. The van der Waals surface area contributed by atoms with Crippen molar-refractivity contribution in [2.24, 2.45) is 5.10 Å². The van der Waals surface area contributed by atoms with E-state index in [9.17, 15) is 0 Å². The Morgan fingerprint density at radius 1 is 0.889 bits per heavy atom. The number of hydrogen-bond acceptors (Lipinski definition) is 3. The Morgan fingerprint density at radius 2 is 1.56 bits per heavy atom. The van der Waals surface area contributed by atoms with Gasteiger partial charge in [0.15, 0.2) is 0 Å². The molecule has 2 heterocycles. The fourth-order valence-corrected chi connectivity index (χ4v) is 3.54. The number of fused-ring (bicyclic) bond motifs is 6. The molecule has 0 fully saturated rings. The molecule has 27 heavy (non-hydrogen) atoms. The van der Waals surface area contributed by atoms with E-state index < -0.39 is 0 Å². The second-order valence-electron chi connectivity index (χ2n) is 8.19. The minimum atomic E-state index is 0. The molecule has 145 valence electrons. The van der Waals surface area contributed by atoms with Crippen molar-refractivity contribution in [3.8, 4) is 11.1 Å². The Balaban J connectivity index is 0.00000210. The van der Waals surface area contributed by atoms with E-state index in [0.29, 0.717) is 17.9 Å². The maximum Gasteiger partial charge on any atom is 0.127 e. The molecule has 2 aliphatic rings. The number of hydrazone groups is 1. The minimum Gasteiger partial charge on any atom is -0.476 e. The molecule has 4 heteroatoms. The fraction of sp³-hybridized carbons (Fsp3) is 0.391. The standard InChI is InChI=1S/C23H27N3.Ir/c1-14(2)17-7-9-19-20-11-18(15(3)4)8-10-22(20)25-13-26(16(5)6)24-23(25)21(19)12-17;/h7-9,11-16H,1-6H3;/q-2;. The van der Waals surface area contributed by atoms with Gasteiger partial charge in [0.1, 0.15) is 5.84 Å². The number of rotatable bonds is 3. The number of nitrogens with zero attached hydrogens (tertiary/aromatic N) is 3. The second-order valence-corrected chi connectivity index (χ2v) is 8.19. The molecule has 2 aliphatic heterocycles. The van der Waals surface area contributed by atoms with Gasteiger partial charge in [0, 0.05) is 31.7 Å². The summed E-state index contributed by atoms with van der Waals surface area (Å²) in [6.45, 7) is 15.4. The summed E-state index contributed by atoms with van der Waals surface area (Å²) in [6, 6.07) is 15.1. The SMILES string of the molecule is CC(C)c1ccc2c(c1)C1=NN(C(C)C)[CH-]N1c1[c-]cc(C(C)C)cc1-2.[Ir]. The Kier molecular flexibility index (Phi) is 5.52. The Morgan fingerprint density at radius 3 is 2.19 bits per heavy atom. The third-order valence-corrected chi connectivity index (χ3v) is 5.29. The molecule has 0 spiro atoms. The van der Waals surface area contributed by atoms with E-state index in [1.54, 1.807) is 0 Å². The van der Waals surface area contributed by atoms with Crippen molar-refractivity contribution < 1.29 is 20.1 Å². The molecule has 1 radical (unpaired) electrons. The van der Waals surface area contributed by atoms with Crippen LogP contribution < -0.4 is 4.90 Å². The first-order valence-corrected chi connectivity index (χ1v) is 9.58. The molecule has 0 atom stereocenters. The molecular formula is C23H27IrN3-2. The summed E-state index contributed by atoms with van der Waals surface area (Å²) < 4.78 is 0. The van der Waals surface area contributed by atoms with E-state index in [-0.39, 0.29) is 20.1 Å². The van der Waals surface area contributed by atoms with Crippen LogP contribution in [0, 0.1) is 12.7 Å². The minimum absolute atomic E-state index is 0. The molecular weight excluding hydrogens is 510 g/mol. The van der Waals surface area contributed by atoms with Crippen LogP contribution in [0.1, 0.15) is 70.1 Å². The smallest absolute Gasteiger partial charge is 0.127 e. The third kappa shape index (κ3) is 3.34. The maximum atomic E-state index is 4.91. The van der Waals surface area contributed by atoms with E-state index in [2.05, 4.69) is 89.5 Å². The van der Waals surface area contributed by atoms with Crippen LogP contribution in [0.5, 0.6) is 0 Å². The Labute approximate surface area is 176 Å². The summed E-state index contributed by atoms with van der Waals surface area (Å²) in [4.78, 5) is 2.20. The zero-order valence-corrected chi connectivity index (χ0v) is 19.3. The van der Waals surface area contributed by atoms with E-state index in [1.165, 1.54) is 27.8 Å². The van der Waals surface area contributed by atoms with Crippen molar-refractivity contribution in [2.45, 2.75) is 59.4 Å². The van der Waals surface area contributed by atoms with Crippen LogP contribution in [0.25, 0.3) is 11.1 Å². The molecule has 0 saturated carbocycles. The zero-order chi connectivity index (χ0) is 18.6. The van der Waals surface area contributed by atoms with Gasteiger partial charge in [-0.2, -0.15) is 28.9 Å². The average Bonchev–Trinajstić information content (AvgIpc) is 3.07. The van der Waals surface area contributed by atoms with Gasteiger partial charge in [-0.3, -0.25) is 0 Å². The molecule has 0 saturated heterocycles. The Bertz CT molecular complexity index is 883. The molecule has 0 aromatic heterocycles. The monoisotopic (exact) mass is 538 g/mol. The summed E-state index contributed by atoms with van der Waals surface area (Å²) >= 11 is 0. The first-order valence-electron chi connectivity index (χ1n) is 9.58. The number of amidine groups is 1. The quantitative estimate of drug-likeness (QED) is 0.466. The van der Waals surface area contributed by atoms with Crippen LogP contribution in [-0.4, -0.2) is 16.9 Å². The summed E-state index contributed by atoms with van der Waals surface area (Å²) in [5.41, 5.74) is 7.50. The number of benzene rings is 2. The van der Waals surface area contributed by atoms with Crippen molar-refractivity contribution in [3.63, 3.8) is 0 Å². The van der Waals surface area contributed by atoms with Crippen LogP contribution in [0.2, 0.25) is 0 Å². The molecule has 0 unspecified atom stereocenters. The van der Waals surface area contributed by atoms with E-state index in [4.69, 9.17) is 5.10 Å². The van der Waals surface area contributed by atoms with Crippen molar-refractivity contribution in [2.75, 3.05) is 4.90 Å². The second kappa shape index (κ2) is 7.41. The largest absolute Gasteiger partial charge is 0.476 e. The van der Waals surface area contributed by atoms with Crippen LogP contribution in [0.15, 0.2) is 35.4 Å². The van der Waals surface area contributed by atoms with Crippen molar-refractivity contribution in [3.05, 3.63) is 59.8 Å². The van der Waals surface area contributed by atoms with Gasteiger partial charge >= 0.3 is 0 Å².